The molecule has 0 atom stereocenters. The van der Waals surface area contributed by atoms with Crippen molar-refractivity contribution in [2.24, 2.45) is 0 Å². The molecule has 0 saturated heterocycles. The largest absolute Gasteiger partial charge is 0.497 e. The van der Waals surface area contributed by atoms with Gasteiger partial charge in [-0.2, -0.15) is 4.31 Å². The van der Waals surface area contributed by atoms with E-state index in [1.54, 1.807) is 32.0 Å². The van der Waals surface area contributed by atoms with Crippen molar-refractivity contribution in [1.82, 2.24) is 4.31 Å². The second-order valence-electron chi connectivity index (χ2n) is 5.52. The van der Waals surface area contributed by atoms with Crippen LogP contribution in [0.15, 0.2) is 47.4 Å². The predicted octanol–water partition coefficient (Wildman–Crippen LogP) is 2.56. The van der Waals surface area contributed by atoms with Crippen LogP contribution in [0.5, 0.6) is 5.75 Å². The highest BCUT2D eigenvalue weighted by Gasteiger charge is 2.21. The standard InChI is InChI=1S/C18H23N3O4S/c1-4-21(5-2)26(23,24)15-9-6-13(7-10-15)18(22)20-17-11-8-14(25-3)12-16(17)19/h6-12H,4-5,19H2,1-3H3,(H,20,22). The summed E-state index contributed by atoms with van der Waals surface area (Å²) in [7, 11) is -2.02. The van der Waals surface area contributed by atoms with Crippen LogP contribution in [0, 0.1) is 0 Å². The first-order valence-electron chi connectivity index (χ1n) is 8.18. The Balaban J connectivity index is 2.19. The van der Waals surface area contributed by atoms with Gasteiger partial charge in [0.1, 0.15) is 5.75 Å². The minimum absolute atomic E-state index is 0.154. The van der Waals surface area contributed by atoms with Crippen molar-refractivity contribution in [2.75, 3.05) is 31.2 Å². The summed E-state index contributed by atoms with van der Waals surface area (Å²) in [5.74, 6) is 0.208. The SMILES string of the molecule is CCN(CC)S(=O)(=O)c1ccc(C(=O)Nc2ccc(OC)cc2N)cc1. The van der Waals surface area contributed by atoms with Crippen molar-refractivity contribution in [2.45, 2.75) is 18.7 Å². The number of anilines is 2. The van der Waals surface area contributed by atoms with Gasteiger partial charge in [-0.25, -0.2) is 8.42 Å². The van der Waals surface area contributed by atoms with Crippen LogP contribution in [-0.4, -0.2) is 38.8 Å². The van der Waals surface area contributed by atoms with Gasteiger partial charge in [0.25, 0.3) is 5.91 Å². The van der Waals surface area contributed by atoms with Crippen molar-refractivity contribution < 1.29 is 17.9 Å². The highest BCUT2D eigenvalue weighted by atomic mass is 32.2. The number of nitrogens with zero attached hydrogens (tertiary/aromatic N) is 1. The number of nitrogens with two attached hydrogens (primary N) is 1. The number of nitrogens with one attached hydrogen (secondary N) is 1. The van der Waals surface area contributed by atoms with Crippen LogP contribution in [-0.2, 0) is 10.0 Å². The quantitative estimate of drug-likeness (QED) is 0.722. The fraction of sp³-hybridized carbons (Fsp3) is 0.278. The summed E-state index contributed by atoms with van der Waals surface area (Å²) < 4.78 is 31.4. The molecule has 2 aromatic carbocycles. The van der Waals surface area contributed by atoms with E-state index >= 15 is 0 Å². The lowest BCUT2D eigenvalue weighted by molar-refractivity contribution is 0.102. The topological polar surface area (TPSA) is 102 Å². The molecule has 140 valence electrons. The number of hydrogen-bond acceptors (Lipinski definition) is 5. The molecular formula is C18H23N3O4S. The van der Waals surface area contributed by atoms with Crippen LogP contribution >= 0.6 is 0 Å². The molecule has 0 aliphatic heterocycles. The molecule has 3 N–H and O–H groups in total. The van der Waals surface area contributed by atoms with Gasteiger partial charge in [-0.15, -0.1) is 0 Å². The molecule has 1 amide bonds. The number of amides is 1. The van der Waals surface area contributed by atoms with E-state index in [-0.39, 0.29) is 10.8 Å². The zero-order valence-electron chi connectivity index (χ0n) is 15.0. The van der Waals surface area contributed by atoms with Gasteiger partial charge >= 0.3 is 0 Å². The Morgan fingerprint density at radius 1 is 1.12 bits per heavy atom. The third-order valence-corrected chi connectivity index (χ3v) is 6.03. The van der Waals surface area contributed by atoms with Crippen LogP contribution in [0.25, 0.3) is 0 Å². The first-order chi connectivity index (χ1) is 12.3. The number of rotatable bonds is 7. The number of ether oxygens (including phenoxy) is 1. The van der Waals surface area contributed by atoms with Crippen molar-refractivity contribution in [3.8, 4) is 5.75 Å². The Morgan fingerprint density at radius 2 is 1.73 bits per heavy atom. The Labute approximate surface area is 153 Å². The summed E-state index contributed by atoms with van der Waals surface area (Å²) in [5.41, 5.74) is 7.05. The summed E-state index contributed by atoms with van der Waals surface area (Å²) in [6.45, 7) is 4.33. The maximum absolute atomic E-state index is 12.5. The van der Waals surface area contributed by atoms with E-state index in [1.807, 2.05) is 0 Å². The Hall–Kier alpha value is -2.58. The van der Waals surface area contributed by atoms with Gasteiger partial charge in [-0.3, -0.25) is 4.79 Å². The molecular weight excluding hydrogens is 354 g/mol. The van der Waals surface area contributed by atoms with E-state index in [0.717, 1.165) is 0 Å². The fourth-order valence-corrected chi connectivity index (χ4v) is 3.92. The molecule has 0 spiro atoms. The Kier molecular flexibility index (Phi) is 6.23. The van der Waals surface area contributed by atoms with E-state index in [2.05, 4.69) is 5.32 Å². The molecule has 2 rings (SSSR count). The number of benzene rings is 2. The molecule has 26 heavy (non-hydrogen) atoms. The molecule has 0 heterocycles. The van der Waals surface area contributed by atoms with Gasteiger partial charge in [0.15, 0.2) is 0 Å². The van der Waals surface area contributed by atoms with E-state index < -0.39 is 10.0 Å². The molecule has 2 aromatic rings. The second kappa shape index (κ2) is 8.20. The molecule has 0 aliphatic rings. The van der Waals surface area contributed by atoms with Crippen molar-refractivity contribution in [3.05, 3.63) is 48.0 Å². The average molecular weight is 377 g/mol. The number of hydrogen-bond donors (Lipinski definition) is 2. The second-order valence-corrected chi connectivity index (χ2v) is 7.46. The molecule has 0 fully saturated rings. The number of carbonyl (C=O) groups is 1. The lowest BCUT2D eigenvalue weighted by Crippen LogP contribution is -2.30. The monoisotopic (exact) mass is 377 g/mol. The van der Waals surface area contributed by atoms with Crippen LogP contribution < -0.4 is 15.8 Å². The smallest absolute Gasteiger partial charge is 0.255 e. The van der Waals surface area contributed by atoms with Gasteiger partial charge in [0.05, 0.1) is 23.4 Å². The van der Waals surface area contributed by atoms with Crippen LogP contribution in [0.1, 0.15) is 24.2 Å². The first kappa shape index (κ1) is 19.7. The zero-order valence-corrected chi connectivity index (χ0v) is 15.8. The third kappa shape index (κ3) is 4.14. The van der Waals surface area contributed by atoms with Gasteiger partial charge in [0.2, 0.25) is 10.0 Å². The highest BCUT2D eigenvalue weighted by molar-refractivity contribution is 7.89. The summed E-state index contributed by atoms with van der Waals surface area (Å²) in [6.07, 6.45) is 0. The van der Waals surface area contributed by atoms with Crippen molar-refractivity contribution in [3.63, 3.8) is 0 Å². The van der Waals surface area contributed by atoms with E-state index in [4.69, 9.17) is 10.5 Å². The van der Waals surface area contributed by atoms with Crippen LogP contribution in [0.2, 0.25) is 0 Å². The van der Waals surface area contributed by atoms with Crippen molar-refractivity contribution >= 4 is 27.3 Å². The molecule has 7 nitrogen and oxygen atoms in total. The van der Waals surface area contributed by atoms with E-state index in [1.165, 1.54) is 35.7 Å². The normalized spacial score (nSPS) is 11.4. The third-order valence-electron chi connectivity index (χ3n) is 3.97. The minimum Gasteiger partial charge on any atom is -0.497 e. The average Bonchev–Trinajstić information content (AvgIpc) is 2.64. The molecule has 0 bridgehead atoms. The van der Waals surface area contributed by atoms with Gasteiger partial charge in [0, 0.05) is 24.7 Å². The van der Waals surface area contributed by atoms with E-state index in [9.17, 15) is 13.2 Å². The molecule has 0 unspecified atom stereocenters. The van der Waals surface area contributed by atoms with Crippen LogP contribution in [0.3, 0.4) is 0 Å². The van der Waals surface area contributed by atoms with Gasteiger partial charge in [-0.1, -0.05) is 13.8 Å². The predicted molar refractivity (Wildman–Crippen MR) is 102 cm³/mol. The van der Waals surface area contributed by atoms with Gasteiger partial charge < -0.3 is 15.8 Å². The van der Waals surface area contributed by atoms with Crippen LogP contribution in [0.4, 0.5) is 11.4 Å². The summed E-state index contributed by atoms with van der Waals surface area (Å²) in [4.78, 5) is 12.5. The number of methoxy groups -OCH3 is 1. The van der Waals surface area contributed by atoms with E-state index in [0.29, 0.717) is 35.8 Å². The number of carbonyl (C=O) groups excluding carboxylic acids is 1. The molecule has 0 radical (unpaired) electrons. The lowest BCUT2D eigenvalue weighted by Gasteiger charge is -2.18. The summed E-state index contributed by atoms with van der Waals surface area (Å²) >= 11 is 0. The summed E-state index contributed by atoms with van der Waals surface area (Å²) in [5, 5.41) is 2.70. The zero-order chi connectivity index (χ0) is 19.3. The van der Waals surface area contributed by atoms with Crippen molar-refractivity contribution in [1.29, 1.82) is 0 Å². The molecule has 0 aliphatic carbocycles. The first-order valence-corrected chi connectivity index (χ1v) is 9.62. The lowest BCUT2D eigenvalue weighted by atomic mass is 10.2. The molecule has 0 aromatic heterocycles. The molecule has 8 heteroatoms. The Bertz CT molecular complexity index is 876. The molecule has 0 saturated carbocycles. The maximum atomic E-state index is 12.5. The Morgan fingerprint density at radius 3 is 2.23 bits per heavy atom. The highest BCUT2D eigenvalue weighted by Crippen LogP contribution is 2.25. The minimum atomic E-state index is -3.55. The number of nitrogen functional groups attached to an aromatic ring is 1. The van der Waals surface area contributed by atoms with Gasteiger partial charge in [-0.05, 0) is 36.4 Å². The fourth-order valence-electron chi connectivity index (χ4n) is 2.47. The maximum Gasteiger partial charge on any atom is 0.255 e. The summed E-state index contributed by atoms with van der Waals surface area (Å²) in [6, 6.07) is 10.8. The number of sulfonamides is 1.